The normalized spacial score (nSPS) is 26.3. The number of hydrogen-bond donors (Lipinski definition) is 3. The highest BCUT2D eigenvalue weighted by Crippen LogP contribution is 2.43. The number of pyridine rings is 1. The van der Waals surface area contributed by atoms with Crippen LogP contribution in [0, 0.1) is 24.5 Å². The summed E-state index contributed by atoms with van der Waals surface area (Å²) in [6.07, 6.45) is 1.59. The van der Waals surface area contributed by atoms with Gasteiger partial charge in [-0.25, -0.2) is 18.2 Å². The predicted octanol–water partition coefficient (Wildman–Crippen LogP) is 5.28. The number of ether oxygens (including phenoxy) is 2. The largest absolute Gasteiger partial charge is 0.474 e. The minimum Gasteiger partial charge on any atom is -0.474 e. The molecule has 0 amide bonds. The zero-order valence-corrected chi connectivity index (χ0v) is 25.3. The van der Waals surface area contributed by atoms with Crippen LogP contribution < -0.4 is 25.8 Å². The van der Waals surface area contributed by atoms with Crippen LogP contribution >= 0.6 is 11.6 Å². The summed E-state index contributed by atoms with van der Waals surface area (Å²) < 4.78 is 58.0. The molecular formula is C30H37ClF3N7O2. The third-order valence-corrected chi connectivity index (χ3v) is 9.30. The van der Waals surface area contributed by atoms with Gasteiger partial charge in [0.25, 0.3) is 0 Å². The molecule has 2 fully saturated rings. The van der Waals surface area contributed by atoms with Crippen molar-refractivity contribution >= 4 is 34.0 Å². The van der Waals surface area contributed by atoms with Gasteiger partial charge in [-0.05, 0) is 64.7 Å². The summed E-state index contributed by atoms with van der Waals surface area (Å²) in [6, 6.07) is 1.21. The molecule has 4 N–H and O–H groups in total. The second-order valence-corrected chi connectivity index (χ2v) is 12.6. The third-order valence-electron chi connectivity index (χ3n) is 8.82. The van der Waals surface area contributed by atoms with Gasteiger partial charge in [-0.1, -0.05) is 18.5 Å². The quantitative estimate of drug-likeness (QED) is 0.336. The Hall–Kier alpha value is -3.09. The van der Waals surface area contributed by atoms with Gasteiger partial charge in [0.05, 0.1) is 22.4 Å². The van der Waals surface area contributed by atoms with Gasteiger partial charge < -0.3 is 25.8 Å². The third kappa shape index (κ3) is 5.64. The summed E-state index contributed by atoms with van der Waals surface area (Å²) in [6.45, 7) is 8.84. The molecule has 5 heterocycles. The fraction of sp³-hybridized carbons (Fsp3) is 0.567. The van der Waals surface area contributed by atoms with E-state index >= 15 is 4.39 Å². The number of nitrogens with zero attached hydrogens (tertiary/aromatic N) is 4. The summed E-state index contributed by atoms with van der Waals surface area (Å²) in [5, 5.41) is 7.00. The smallest absolute Gasteiger partial charge is 0.319 e. The van der Waals surface area contributed by atoms with E-state index in [1.54, 1.807) is 0 Å². The van der Waals surface area contributed by atoms with Crippen LogP contribution in [0.3, 0.4) is 0 Å². The number of benzene rings is 1. The van der Waals surface area contributed by atoms with Crippen LogP contribution in [0.5, 0.6) is 11.9 Å². The van der Waals surface area contributed by atoms with Crippen molar-refractivity contribution in [3.63, 3.8) is 0 Å². The Balaban J connectivity index is 1.51. The Morgan fingerprint density at radius 2 is 2.02 bits per heavy atom. The number of hydrogen-bond acceptors (Lipinski definition) is 9. The average molecular weight is 620 g/mol. The number of fused-ring (bicyclic) bond motifs is 1. The van der Waals surface area contributed by atoms with Gasteiger partial charge in [-0.3, -0.25) is 4.90 Å². The van der Waals surface area contributed by atoms with Gasteiger partial charge in [0.2, 0.25) is 5.88 Å². The number of nitrogens with two attached hydrogens (primary N) is 1. The fourth-order valence-electron chi connectivity index (χ4n) is 6.44. The van der Waals surface area contributed by atoms with Crippen molar-refractivity contribution in [3.05, 3.63) is 28.3 Å². The molecule has 1 unspecified atom stereocenters. The lowest BCUT2D eigenvalue weighted by molar-refractivity contribution is 0.107. The molecule has 3 aromatic rings. The summed E-state index contributed by atoms with van der Waals surface area (Å²) >= 11 is 6.52. The maximum absolute atomic E-state index is 16.6. The Morgan fingerprint density at radius 3 is 2.84 bits per heavy atom. The first-order valence-corrected chi connectivity index (χ1v) is 15.2. The molecule has 0 radical (unpaired) electrons. The molecule has 6 rings (SSSR count). The zero-order chi connectivity index (χ0) is 30.5. The number of aromatic nitrogens is 3. The van der Waals surface area contributed by atoms with Gasteiger partial charge in [0.15, 0.2) is 11.6 Å². The number of nitrogen functional groups attached to an aromatic ring is 1. The van der Waals surface area contributed by atoms with E-state index in [0.717, 1.165) is 32.5 Å². The maximum atomic E-state index is 16.6. The predicted molar refractivity (Wildman–Crippen MR) is 161 cm³/mol. The summed E-state index contributed by atoms with van der Waals surface area (Å²) in [4.78, 5) is 15.9. The number of alkyl halides is 1. The minimum atomic E-state index is -0.920. The van der Waals surface area contributed by atoms with Crippen molar-refractivity contribution in [2.75, 3.05) is 50.4 Å². The van der Waals surface area contributed by atoms with E-state index in [-0.39, 0.29) is 69.0 Å². The Labute approximate surface area is 253 Å². The van der Waals surface area contributed by atoms with Crippen LogP contribution in [0.2, 0.25) is 5.02 Å². The van der Waals surface area contributed by atoms with Crippen LogP contribution in [0.15, 0.2) is 6.07 Å². The number of rotatable bonds is 4. The van der Waals surface area contributed by atoms with Crippen molar-refractivity contribution < 1.29 is 22.6 Å². The van der Waals surface area contributed by atoms with Crippen molar-refractivity contribution in [1.82, 2.24) is 25.2 Å². The van der Waals surface area contributed by atoms with Crippen LogP contribution in [-0.4, -0.2) is 77.0 Å². The number of nitrogens with one attached hydrogen (secondary N) is 2. The first-order chi connectivity index (χ1) is 20.6. The molecule has 0 saturated carbocycles. The van der Waals surface area contributed by atoms with Crippen molar-refractivity contribution in [2.24, 2.45) is 5.92 Å². The molecular weight excluding hydrogens is 583 g/mol. The Kier molecular flexibility index (Phi) is 8.20. The molecule has 0 bridgehead atoms. The molecule has 232 valence electrons. The maximum Gasteiger partial charge on any atom is 0.319 e. The summed E-state index contributed by atoms with van der Waals surface area (Å²) in [5.41, 5.74) is 5.21. The topological polar surface area (TPSA) is 110 Å². The minimum absolute atomic E-state index is 0.0183. The highest BCUT2D eigenvalue weighted by Gasteiger charge is 2.49. The van der Waals surface area contributed by atoms with Crippen molar-refractivity contribution in [3.8, 4) is 23.1 Å². The second kappa shape index (κ2) is 11.8. The van der Waals surface area contributed by atoms with Gasteiger partial charge in [0.1, 0.15) is 35.2 Å². The van der Waals surface area contributed by atoms with Gasteiger partial charge >= 0.3 is 6.01 Å². The fourth-order valence-corrected chi connectivity index (χ4v) is 6.67. The number of anilines is 2. The first kappa shape index (κ1) is 30.0. The molecule has 3 aliphatic rings. The average Bonchev–Trinajstić information content (AvgIpc) is 3.50. The van der Waals surface area contributed by atoms with Crippen LogP contribution in [0.1, 0.15) is 45.1 Å². The first-order valence-electron chi connectivity index (χ1n) is 14.8. The lowest BCUT2D eigenvalue weighted by Crippen LogP contribution is -2.43. The lowest BCUT2D eigenvalue weighted by Gasteiger charge is -2.30. The molecule has 3 aliphatic heterocycles. The highest BCUT2D eigenvalue weighted by molar-refractivity contribution is 6.34. The molecule has 13 heteroatoms. The van der Waals surface area contributed by atoms with Crippen LogP contribution in [0.25, 0.3) is 22.2 Å². The zero-order valence-electron chi connectivity index (χ0n) is 24.6. The SMILES string of the molecule is Cc1c(F)c(N)cc(-c2nc3c4c(nc(OC[C@@]56CCCN5C[C@H](F)C6)nc4c2F)NCC(C)CNCC[C@H](C)O3)c1Cl. The highest BCUT2D eigenvalue weighted by atomic mass is 35.5. The Morgan fingerprint density at radius 1 is 1.21 bits per heavy atom. The molecule has 0 aliphatic carbocycles. The Bertz CT molecular complexity index is 1550. The molecule has 9 nitrogen and oxygen atoms in total. The molecule has 2 aromatic heterocycles. The van der Waals surface area contributed by atoms with Crippen LogP contribution in [0.4, 0.5) is 24.7 Å². The van der Waals surface area contributed by atoms with Crippen molar-refractivity contribution in [2.45, 2.75) is 64.3 Å². The number of halogens is 4. The standard InChI is InChI=1S/C30H37ClF3N7O2/c1-15-11-36-7-5-16(2)43-28-21-26(24(34)25(38-28)19-9-20(35)23(33)17(3)22(19)31)39-29(40-27(21)37-12-15)42-14-30-6-4-8-41(30)13-18(32)10-30/h9,15-16,18,36H,4-8,10-14,35H2,1-3H3,(H,37,39,40)/t15?,16-,18+,30-/m0/s1. The monoisotopic (exact) mass is 619 g/mol. The van der Waals surface area contributed by atoms with E-state index in [0.29, 0.717) is 31.7 Å². The van der Waals surface area contributed by atoms with Crippen LogP contribution in [-0.2, 0) is 0 Å². The molecule has 1 aromatic carbocycles. The van der Waals surface area contributed by atoms with E-state index in [1.807, 2.05) is 6.92 Å². The molecule has 4 atom stereocenters. The lowest BCUT2D eigenvalue weighted by atomic mass is 9.95. The summed E-state index contributed by atoms with van der Waals surface area (Å²) in [5.74, 6) is -0.841. The molecule has 43 heavy (non-hydrogen) atoms. The van der Waals surface area contributed by atoms with Gasteiger partial charge in [-0.15, -0.1) is 0 Å². The van der Waals surface area contributed by atoms with E-state index in [2.05, 4.69) is 37.4 Å². The van der Waals surface area contributed by atoms with E-state index in [1.165, 1.54) is 13.0 Å². The van der Waals surface area contributed by atoms with Gasteiger partial charge in [-0.2, -0.15) is 9.97 Å². The van der Waals surface area contributed by atoms with E-state index in [4.69, 9.17) is 26.8 Å². The van der Waals surface area contributed by atoms with E-state index < -0.39 is 23.3 Å². The van der Waals surface area contributed by atoms with Gasteiger partial charge in [0, 0.05) is 30.6 Å². The molecule has 0 spiro atoms. The van der Waals surface area contributed by atoms with Crippen molar-refractivity contribution in [1.29, 1.82) is 0 Å². The van der Waals surface area contributed by atoms with E-state index in [9.17, 15) is 8.78 Å². The summed E-state index contributed by atoms with van der Waals surface area (Å²) in [7, 11) is 0. The second-order valence-electron chi connectivity index (χ2n) is 12.2. The molecule has 2 saturated heterocycles.